The number of halogens is 1. The summed E-state index contributed by atoms with van der Waals surface area (Å²) in [4.78, 5) is 73.3. The Labute approximate surface area is 404 Å². The molecule has 2 saturated heterocycles. The number of alkyl carbamates (subject to hydrolysis) is 2. The van der Waals surface area contributed by atoms with E-state index in [9.17, 15) is 19.2 Å². The predicted molar refractivity (Wildman–Crippen MR) is 259 cm³/mol. The van der Waals surface area contributed by atoms with E-state index in [-0.39, 0.29) is 54.1 Å². The van der Waals surface area contributed by atoms with Gasteiger partial charge in [0.25, 0.3) is 5.91 Å². The summed E-state index contributed by atoms with van der Waals surface area (Å²) in [6.45, 7) is 4.41. The number of likely N-dealkylation sites (tertiary alicyclic amines) is 2. The number of hydrogen-bond donors (Lipinski definition) is 4. The van der Waals surface area contributed by atoms with Gasteiger partial charge in [-0.25, -0.2) is 23.9 Å². The number of piperidine rings is 1. The van der Waals surface area contributed by atoms with Crippen LogP contribution in [0.5, 0.6) is 5.75 Å². The van der Waals surface area contributed by atoms with Crippen molar-refractivity contribution in [2.75, 3.05) is 20.8 Å². The van der Waals surface area contributed by atoms with Gasteiger partial charge in [0, 0.05) is 23.7 Å². The highest BCUT2D eigenvalue weighted by molar-refractivity contribution is 5.89. The molecule has 11 rings (SSSR count). The van der Waals surface area contributed by atoms with Crippen LogP contribution in [0.2, 0.25) is 0 Å². The van der Waals surface area contributed by atoms with E-state index >= 15 is 4.39 Å². The SMILES string of the molecule is COC(=O)NC(C(=O)N1CCC[C@H]1c1ncc(-c2ccc3c(c2F)OCc2cc(-c4ccc5nc([C@@H]6[C@H]7CC[C@H](C7)N6C(=O)[C@H](NC(=O)OC)c6ccc(C7CCC7)cc6)[nH]c5c4)ccc2-3)[nH]1)C(C)C. The van der Waals surface area contributed by atoms with Gasteiger partial charge in [-0.15, -0.1) is 0 Å². The van der Waals surface area contributed by atoms with Crippen molar-refractivity contribution in [3.63, 3.8) is 0 Å². The highest BCUT2D eigenvalue weighted by Gasteiger charge is 2.51. The number of methoxy groups -OCH3 is 2. The topological polar surface area (TPSA) is 184 Å². The molecule has 5 aliphatic rings. The van der Waals surface area contributed by atoms with Crippen LogP contribution < -0.4 is 15.4 Å². The zero-order valence-corrected chi connectivity index (χ0v) is 39.7. The number of carbonyl (C=O) groups excluding carboxylic acids is 4. The Morgan fingerprint density at radius 1 is 0.800 bits per heavy atom. The normalized spacial score (nSPS) is 21.2. The first kappa shape index (κ1) is 45.2. The molecule has 15 nitrogen and oxygen atoms in total. The zero-order chi connectivity index (χ0) is 48.4. The Morgan fingerprint density at radius 2 is 1.54 bits per heavy atom. The van der Waals surface area contributed by atoms with E-state index < -0.39 is 30.1 Å². The van der Waals surface area contributed by atoms with Crippen LogP contribution in [0.4, 0.5) is 14.0 Å². The van der Waals surface area contributed by atoms with E-state index in [0.717, 1.165) is 70.4 Å². The lowest BCUT2D eigenvalue weighted by Crippen LogP contribution is -2.51. The lowest BCUT2D eigenvalue weighted by Gasteiger charge is -2.36. The minimum Gasteiger partial charge on any atom is -0.485 e. The molecule has 4 N–H and O–H groups in total. The molecule has 6 aromatic rings. The van der Waals surface area contributed by atoms with Crippen molar-refractivity contribution in [2.45, 2.75) is 108 Å². The maximum absolute atomic E-state index is 16.5. The summed E-state index contributed by atoms with van der Waals surface area (Å²) < 4.78 is 32.4. The van der Waals surface area contributed by atoms with Crippen LogP contribution >= 0.6 is 0 Å². The lowest BCUT2D eigenvalue weighted by molar-refractivity contribution is -0.138. The smallest absolute Gasteiger partial charge is 0.407 e. The molecule has 3 aliphatic heterocycles. The van der Waals surface area contributed by atoms with Crippen LogP contribution in [0.3, 0.4) is 0 Å². The second-order valence-electron chi connectivity index (χ2n) is 19.8. The third-order valence-corrected chi connectivity index (χ3v) is 15.5. The molecule has 70 heavy (non-hydrogen) atoms. The Kier molecular flexibility index (Phi) is 11.8. The van der Waals surface area contributed by atoms with Crippen molar-refractivity contribution in [2.24, 2.45) is 11.8 Å². The van der Waals surface area contributed by atoms with Crippen molar-refractivity contribution in [1.29, 1.82) is 0 Å². The molecule has 16 heteroatoms. The maximum Gasteiger partial charge on any atom is 0.407 e. The van der Waals surface area contributed by atoms with Gasteiger partial charge in [-0.05, 0) is 126 Å². The molecule has 2 bridgehead atoms. The van der Waals surface area contributed by atoms with Crippen molar-refractivity contribution in [1.82, 2.24) is 40.4 Å². The number of hydrogen-bond acceptors (Lipinski definition) is 9. The summed E-state index contributed by atoms with van der Waals surface area (Å²) in [7, 11) is 2.57. The van der Waals surface area contributed by atoms with Gasteiger partial charge in [0.05, 0.1) is 49.2 Å². The summed E-state index contributed by atoms with van der Waals surface area (Å²) in [5, 5.41) is 5.52. The average molecular weight is 949 g/mol. The van der Waals surface area contributed by atoms with Gasteiger partial charge in [-0.3, -0.25) is 9.59 Å². The largest absolute Gasteiger partial charge is 0.485 e. The van der Waals surface area contributed by atoms with Crippen LogP contribution in [0, 0.1) is 17.7 Å². The fourth-order valence-corrected chi connectivity index (χ4v) is 11.6. The molecule has 0 spiro atoms. The predicted octanol–water partition coefficient (Wildman–Crippen LogP) is 9.78. The molecule has 5 heterocycles. The molecule has 4 fully saturated rings. The van der Waals surface area contributed by atoms with Crippen LogP contribution in [-0.4, -0.2) is 86.6 Å². The van der Waals surface area contributed by atoms with Crippen molar-refractivity contribution >= 4 is 35.0 Å². The molecule has 2 saturated carbocycles. The number of carbonyl (C=O) groups is 4. The van der Waals surface area contributed by atoms with Crippen molar-refractivity contribution in [3.05, 3.63) is 113 Å². The number of benzene rings is 4. The Bertz CT molecular complexity index is 3020. The number of amides is 4. The van der Waals surface area contributed by atoms with Crippen molar-refractivity contribution in [3.8, 4) is 39.3 Å². The highest BCUT2D eigenvalue weighted by atomic mass is 19.1. The van der Waals surface area contributed by atoms with Gasteiger partial charge in [-0.1, -0.05) is 62.7 Å². The first-order valence-electron chi connectivity index (χ1n) is 24.5. The lowest BCUT2D eigenvalue weighted by atomic mass is 9.80. The average Bonchev–Trinajstić information content (AvgIpc) is 4.23. The van der Waals surface area contributed by atoms with Crippen LogP contribution in [0.25, 0.3) is 44.5 Å². The highest BCUT2D eigenvalue weighted by Crippen LogP contribution is 2.51. The number of nitrogens with one attached hydrogen (secondary N) is 4. The number of rotatable bonds is 11. The van der Waals surface area contributed by atoms with E-state index in [1.807, 2.05) is 61.2 Å². The summed E-state index contributed by atoms with van der Waals surface area (Å²) in [5.74, 6) is 1.16. The molecule has 0 radical (unpaired) electrons. The monoisotopic (exact) mass is 948 g/mol. The summed E-state index contributed by atoms with van der Waals surface area (Å²) in [6.07, 6.45) is 8.03. The number of aromatic nitrogens is 4. The number of nitrogens with zero attached hydrogens (tertiary/aromatic N) is 4. The van der Waals surface area contributed by atoms with Gasteiger partial charge in [-0.2, -0.15) is 0 Å². The third-order valence-electron chi connectivity index (χ3n) is 15.5. The van der Waals surface area contributed by atoms with Crippen LogP contribution in [-0.2, 0) is 25.7 Å². The van der Waals surface area contributed by atoms with Crippen molar-refractivity contribution < 1.29 is 37.8 Å². The fourth-order valence-electron chi connectivity index (χ4n) is 11.6. The second kappa shape index (κ2) is 18.3. The van der Waals surface area contributed by atoms with Gasteiger partial charge in [0.2, 0.25) is 5.91 Å². The number of ether oxygens (including phenoxy) is 3. The summed E-state index contributed by atoms with van der Waals surface area (Å²) in [6, 6.07) is 21.6. The minimum atomic E-state index is -0.902. The quantitative estimate of drug-likeness (QED) is 0.0982. The van der Waals surface area contributed by atoms with E-state index in [1.165, 1.54) is 39.0 Å². The molecule has 6 atom stereocenters. The second-order valence-corrected chi connectivity index (χ2v) is 19.8. The molecule has 4 aromatic carbocycles. The van der Waals surface area contributed by atoms with Gasteiger partial charge in [0.15, 0.2) is 11.6 Å². The number of H-pyrrole nitrogens is 2. The fraction of sp³-hybridized carbons (Fsp3) is 0.407. The number of fused-ring (bicyclic) bond motifs is 6. The van der Waals surface area contributed by atoms with Gasteiger partial charge < -0.3 is 44.6 Å². The zero-order valence-electron chi connectivity index (χ0n) is 39.7. The Balaban J connectivity index is 0.819. The number of imidazole rings is 2. The molecule has 362 valence electrons. The van der Waals surface area contributed by atoms with E-state index in [0.29, 0.717) is 41.5 Å². The molecular weight excluding hydrogens is 892 g/mol. The minimum absolute atomic E-state index is 0.0400. The van der Waals surface area contributed by atoms with Crippen LogP contribution in [0.15, 0.2) is 79.0 Å². The molecular formula is C54H57FN8O7. The first-order chi connectivity index (χ1) is 34.0. The third kappa shape index (κ3) is 8.00. The molecule has 2 aromatic heterocycles. The van der Waals surface area contributed by atoms with E-state index in [1.54, 1.807) is 17.2 Å². The molecule has 4 amide bonds. The summed E-state index contributed by atoms with van der Waals surface area (Å²) >= 11 is 0. The van der Waals surface area contributed by atoms with E-state index in [2.05, 4.69) is 49.9 Å². The summed E-state index contributed by atoms with van der Waals surface area (Å²) in [5.41, 5.74) is 8.75. The number of aromatic amines is 2. The molecule has 2 aliphatic carbocycles. The van der Waals surface area contributed by atoms with E-state index in [4.69, 9.17) is 19.2 Å². The maximum atomic E-state index is 16.5. The first-order valence-corrected chi connectivity index (χ1v) is 24.5. The van der Waals surface area contributed by atoms with Gasteiger partial charge in [0.1, 0.15) is 30.3 Å². The van der Waals surface area contributed by atoms with Crippen LogP contribution in [0.1, 0.15) is 118 Å². The Morgan fingerprint density at radius 3 is 2.30 bits per heavy atom. The standard InChI is InChI=1S/C54H57FN8O7/c1-28(2)45(60-53(66)68-3)51(64)62-22-6-9-43(62)49-56-26-42(59-49)39-20-19-38-37-18-15-32(23-35(37)27-70-48(38)44(39)55)33-16-21-40-41(25-33)58-50(57-40)47-34-14-17-36(24-34)63(47)52(65)46(61-54(67)69-4)31-12-10-30(11-13-31)29-7-5-8-29/h10-13,15-16,18-21,23,25-26,28-29,34,36,43,45-47H,5-9,14,17,22,24,27H2,1-4H3,(H,56,59)(H,57,58)(H,60,66)(H,61,67)/t34-,36+,43-,45?,46+,47-/m0/s1. The van der Waals surface area contributed by atoms with Gasteiger partial charge >= 0.3 is 12.2 Å². The Hall–Kier alpha value is -7.23. The molecule has 1 unspecified atom stereocenters.